The van der Waals surface area contributed by atoms with Gasteiger partial charge in [0.25, 0.3) is 0 Å². The Morgan fingerprint density at radius 1 is 0.923 bits per heavy atom. The van der Waals surface area contributed by atoms with Gasteiger partial charge in [-0.2, -0.15) is 0 Å². The molecule has 0 bridgehead atoms. The zero-order valence-electron chi connectivity index (χ0n) is 15.4. The lowest BCUT2D eigenvalue weighted by molar-refractivity contribution is 0.0430. The molecule has 4 heteroatoms. The fraction of sp³-hybridized carbons (Fsp3) is 0.364. The molecule has 0 saturated carbocycles. The Labute approximate surface area is 155 Å². The maximum Gasteiger partial charge on any atom is 0.343 e. The number of esters is 1. The van der Waals surface area contributed by atoms with Crippen LogP contribution in [0, 0.1) is 0 Å². The summed E-state index contributed by atoms with van der Waals surface area (Å²) in [4.78, 5) is 24.4. The van der Waals surface area contributed by atoms with Gasteiger partial charge >= 0.3 is 5.97 Å². The minimum absolute atomic E-state index is 0.0736. The number of ether oxygens (including phenoxy) is 2. The van der Waals surface area contributed by atoms with Gasteiger partial charge in [0.15, 0.2) is 5.78 Å². The van der Waals surface area contributed by atoms with Gasteiger partial charge < -0.3 is 9.47 Å². The molecule has 4 nitrogen and oxygen atoms in total. The van der Waals surface area contributed by atoms with Gasteiger partial charge in [-0.1, -0.05) is 32.0 Å². The van der Waals surface area contributed by atoms with Crippen molar-refractivity contribution in [3.63, 3.8) is 0 Å². The first kappa shape index (κ1) is 19.9. The molecular formula is C22H26O4. The molecule has 2 aromatic rings. The number of hydrogen-bond donors (Lipinski definition) is 0. The minimum atomic E-state index is -0.413. The van der Waals surface area contributed by atoms with Crippen LogP contribution in [0.25, 0.3) is 0 Å². The zero-order valence-corrected chi connectivity index (χ0v) is 15.4. The van der Waals surface area contributed by atoms with Crippen LogP contribution in [0.3, 0.4) is 0 Å². The highest BCUT2D eigenvalue weighted by molar-refractivity contribution is 5.96. The van der Waals surface area contributed by atoms with Crippen molar-refractivity contribution < 1.29 is 19.1 Å². The summed E-state index contributed by atoms with van der Waals surface area (Å²) in [6, 6.07) is 15.5. The molecule has 0 aromatic heterocycles. The summed E-state index contributed by atoms with van der Waals surface area (Å²) in [7, 11) is 0. The molecule has 0 spiro atoms. The SMILES string of the molecule is CCCOC(CC)CCC(=O)c1ccc(OC(=O)c2ccccc2)cc1. The fourth-order valence-electron chi connectivity index (χ4n) is 2.58. The highest BCUT2D eigenvalue weighted by atomic mass is 16.5. The van der Waals surface area contributed by atoms with E-state index in [1.54, 1.807) is 48.5 Å². The third kappa shape index (κ3) is 6.12. The van der Waals surface area contributed by atoms with E-state index in [0.29, 0.717) is 23.3 Å². The van der Waals surface area contributed by atoms with Gasteiger partial charge in [-0.05, 0) is 55.7 Å². The van der Waals surface area contributed by atoms with Crippen molar-refractivity contribution in [3.05, 3.63) is 65.7 Å². The first-order valence-corrected chi connectivity index (χ1v) is 9.16. The summed E-state index contributed by atoms with van der Waals surface area (Å²) in [5, 5.41) is 0. The number of carbonyl (C=O) groups excluding carboxylic acids is 2. The molecule has 0 amide bonds. The van der Waals surface area contributed by atoms with E-state index in [1.807, 2.05) is 6.07 Å². The second-order valence-electron chi connectivity index (χ2n) is 6.14. The predicted molar refractivity (Wildman–Crippen MR) is 102 cm³/mol. The monoisotopic (exact) mass is 354 g/mol. The quantitative estimate of drug-likeness (QED) is 0.339. The molecule has 1 atom stereocenters. The van der Waals surface area contributed by atoms with E-state index in [2.05, 4.69) is 13.8 Å². The lowest BCUT2D eigenvalue weighted by atomic mass is 10.0. The third-order valence-electron chi connectivity index (χ3n) is 4.10. The Hall–Kier alpha value is -2.46. The summed E-state index contributed by atoms with van der Waals surface area (Å²) >= 11 is 0. The second-order valence-corrected chi connectivity index (χ2v) is 6.14. The van der Waals surface area contributed by atoms with Crippen molar-refractivity contribution >= 4 is 11.8 Å². The molecule has 0 radical (unpaired) electrons. The molecule has 0 heterocycles. The van der Waals surface area contributed by atoms with E-state index in [-0.39, 0.29) is 11.9 Å². The van der Waals surface area contributed by atoms with E-state index >= 15 is 0 Å². The first-order valence-electron chi connectivity index (χ1n) is 9.16. The minimum Gasteiger partial charge on any atom is -0.423 e. The second kappa shape index (κ2) is 10.5. The summed E-state index contributed by atoms with van der Waals surface area (Å²) in [5.41, 5.74) is 1.11. The molecule has 0 N–H and O–H groups in total. The summed E-state index contributed by atoms with van der Waals surface area (Å²) in [5.74, 6) is 0.0844. The van der Waals surface area contributed by atoms with Crippen LogP contribution in [0.15, 0.2) is 54.6 Å². The van der Waals surface area contributed by atoms with Crippen LogP contribution < -0.4 is 4.74 Å². The van der Waals surface area contributed by atoms with Crippen LogP contribution in [0.1, 0.15) is 60.2 Å². The van der Waals surface area contributed by atoms with E-state index in [4.69, 9.17) is 9.47 Å². The standard InChI is InChI=1S/C22H26O4/c1-3-16-25-19(4-2)14-15-21(23)17-10-12-20(13-11-17)26-22(24)18-8-6-5-7-9-18/h5-13,19H,3-4,14-16H2,1-2H3. The summed E-state index contributed by atoms with van der Waals surface area (Å²) in [6.45, 7) is 4.87. The number of benzene rings is 2. The molecule has 26 heavy (non-hydrogen) atoms. The van der Waals surface area contributed by atoms with Crippen molar-refractivity contribution in [2.24, 2.45) is 0 Å². The Kier molecular flexibility index (Phi) is 8.03. The smallest absolute Gasteiger partial charge is 0.343 e. The molecule has 1 unspecified atom stereocenters. The number of hydrogen-bond acceptors (Lipinski definition) is 4. The molecule has 0 aliphatic carbocycles. The topological polar surface area (TPSA) is 52.6 Å². The number of carbonyl (C=O) groups is 2. The van der Waals surface area contributed by atoms with Crippen LogP contribution in [-0.2, 0) is 4.74 Å². The van der Waals surface area contributed by atoms with Crippen molar-refractivity contribution in [2.75, 3.05) is 6.61 Å². The van der Waals surface area contributed by atoms with Crippen LogP contribution in [-0.4, -0.2) is 24.5 Å². The number of rotatable bonds is 10. The van der Waals surface area contributed by atoms with Gasteiger partial charge in [0, 0.05) is 18.6 Å². The summed E-state index contributed by atoms with van der Waals surface area (Å²) in [6.07, 6.45) is 3.19. The fourth-order valence-corrected chi connectivity index (χ4v) is 2.58. The molecule has 0 aliphatic heterocycles. The molecule has 2 aromatic carbocycles. The Balaban J connectivity index is 1.88. The van der Waals surface area contributed by atoms with E-state index < -0.39 is 5.97 Å². The number of ketones is 1. The summed E-state index contributed by atoms with van der Waals surface area (Å²) < 4.78 is 11.0. The normalized spacial score (nSPS) is 11.8. The lowest BCUT2D eigenvalue weighted by Gasteiger charge is -2.15. The van der Waals surface area contributed by atoms with Gasteiger partial charge in [-0.3, -0.25) is 4.79 Å². The van der Waals surface area contributed by atoms with Gasteiger partial charge in [0.1, 0.15) is 5.75 Å². The molecule has 138 valence electrons. The molecule has 0 aliphatic rings. The average molecular weight is 354 g/mol. The molecular weight excluding hydrogens is 328 g/mol. The predicted octanol–water partition coefficient (Wildman–Crippen LogP) is 5.07. The maximum absolute atomic E-state index is 12.3. The van der Waals surface area contributed by atoms with Gasteiger partial charge in [0.2, 0.25) is 0 Å². The van der Waals surface area contributed by atoms with Crippen LogP contribution >= 0.6 is 0 Å². The third-order valence-corrected chi connectivity index (χ3v) is 4.10. The van der Waals surface area contributed by atoms with Crippen LogP contribution in [0.2, 0.25) is 0 Å². The van der Waals surface area contributed by atoms with Crippen LogP contribution in [0.4, 0.5) is 0 Å². The van der Waals surface area contributed by atoms with Gasteiger partial charge in [0.05, 0.1) is 11.7 Å². The van der Waals surface area contributed by atoms with Gasteiger partial charge in [-0.25, -0.2) is 4.79 Å². The molecule has 0 fully saturated rings. The van der Waals surface area contributed by atoms with Crippen molar-refractivity contribution in [3.8, 4) is 5.75 Å². The average Bonchev–Trinajstić information content (AvgIpc) is 2.69. The van der Waals surface area contributed by atoms with Gasteiger partial charge in [-0.15, -0.1) is 0 Å². The first-order chi connectivity index (χ1) is 12.6. The van der Waals surface area contributed by atoms with Crippen molar-refractivity contribution in [1.82, 2.24) is 0 Å². The largest absolute Gasteiger partial charge is 0.423 e. The lowest BCUT2D eigenvalue weighted by Crippen LogP contribution is -2.14. The zero-order chi connectivity index (χ0) is 18.8. The van der Waals surface area contributed by atoms with E-state index in [0.717, 1.165) is 25.9 Å². The Bertz CT molecular complexity index is 692. The molecule has 2 rings (SSSR count). The van der Waals surface area contributed by atoms with Crippen LogP contribution in [0.5, 0.6) is 5.75 Å². The molecule has 0 saturated heterocycles. The van der Waals surface area contributed by atoms with E-state index in [1.165, 1.54) is 0 Å². The number of Topliss-reactive ketones (excluding diaryl/α,β-unsaturated/α-hetero) is 1. The highest BCUT2D eigenvalue weighted by Crippen LogP contribution is 2.17. The Morgan fingerprint density at radius 2 is 1.62 bits per heavy atom. The Morgan fingerprint density at radius 3 is 2.23 bits per heavy atom. The van der Waals surface area contributed by atoms with Crippen molar-refractivity contribution in [2.45, 2.75) is 45.6 Å². The van der Waals surface area contributed by atoms with E-state index in [9.17, 15) is 9.59 Å². The maximum atomic E-state index is 12.3. The highest BCUT2D eigenvalue weighted by Gasteiger charge is 2.12. The van der Waals surface area contributed by atoms with Crippen molar-refractivity contribution in [1.29, 1.82) is 0 Å².